The van der Waals surface area contributed by atoms with Gasteiger partial charge in [-0.2, -0.15) is 0 Å². The molecule has 1 atom stereocenters. The maximum absolute atomic E-state index is 13.6. The third-order valence-corrected chi connectivity index (χ3v) is 7.29. The Kier molecular flexibility index (Phi) is 5.22. The fourth-order valence-corrected chi connectivity index (χ4v) is 5.72. The Hall–Kier alpha value is -3.17. The molecule has 7 nitrogen and oxygen atoms in total. The van der Waals surface area contributed by atoms with Crippen LogP contribution in [0.4, 0.5) is 0 Å². The van der Waals surface area contributed by atoms with Gasteiger partial charge in [0.15, 0.2) is 16.3 Å². The number of thiazole rings is 1. The summed E-state index contributed by atoms with van der Waals surface area (Å²) in [4.78, 5) is 32.4. The Morgan fingerprint density at radius 3 is 2.81 bits per heavy atom. The number of aromatic nitrogens is 1. The molecule has 0 saturated carbocycles. The Balaban J connectivity index is 1.70. The van der Waals surface area contributed by atoms with Crippen molar-refractivity contribution in [2.24, 2.45) is 4.99 Å². The fraction of sp³-hybridized carbons (Fsp3) is 0.261. The summed E-state index contributed by atoms with van der Waals surface area (Å²) in [6, 6.07) is 7.05. The molecule has 5 rings (SSSR count). The highest BCUT2D eigenvalue weighted by atomic mass is 32.1. The zero-order valence-corrected chi connectivity index (χ0v) is 19.3. The third kappa shape index (κ3) is 3.37. The summed E-state index contributed by atoms with van der Waals surface area (Å²) in [6.45, 7) is 5.95. The van der Waals surface area contributed by atoms with E-state index >= 15 is 0 Å². The van der Waals surface area contributed by atoms with Crippen molar-refractivity contribution in [2.45, 2.75) is 26.8 Å². The number of hydrogen-bond donors (Lipinski definition) is 0. The van der Waals surface area contributed by atoms with Crippen LogP contribution in [0.25, 0.3) is 6.08 Å². The number of thiophene rings is 1. The number of benzene rings is 1. The second-order valence-corrected chi connectivity index (χ2v) is 9.37. The predicted molar refractivity (Wildman–Crippen MR) is 122 cm³/mol. The number of rotatable bonds is 4. The van der Waals surface area contributed by atoms with Crippen LogP contribution in [-0.4, -0.2) is 23.9 Å². The topological polar surface area (TPSA) is 79.1 Å². The molecule has 0 radical (unpaired) electrons. The van der Waals surface area contributed by atoms with E-state index < -0.39 is 12.0 Å². The van der Waals surface area contributed by atoms with E-state index in [1.807, 2.05) is 42.6 Å². The molecule has 0 saturated heterocycles. The molecule has 32 heavy (non-hydrogen) atoms. The van der Waals surface area contributed by atoms with E-state index in [0.29, 0.717) is 32.1 Å². The van der Waals surface area contributed by atoms with Crippen LogP contribution in [0.5, 0.6) is 11.5 Å². The Morgan fingerprint density at radius 1 is 1.31 bits per heavy atom. The van der Waals surface area contributed by atoms with E-state index in [-0.39, 0.29) is 19.0 Å². The molecule has 4 heterocycles. The highest BCUT2D eigenvalue weighted by molar-refractivity contribution is 7.10. The minimum absolute atomic E-state index is 0.192. The lowest BCUT2D eigenvalue weighted by atomic mass is 10.0. The summed E-state index contributed by atoms with van der Waals surface area (Å²) < 4.78 is 18.4. The van der Waals surface area contributed by atoms with Crippen molar-refractivity contribution in [3.63, 3.8) is 0 Å². The summed E-state index contributed by atoms with van der Waals surface area (Å²) in [6.07, 6.45) is 1.84. The van der Waals surface area contributed by atoms with Crippen LogP contribution in [0.2, 0.25) is 0 Å². The molecule has 0 bridgehead atoms. The molecule has 2 aliphatic rings. The summed E-state index contributed by atoms with van der Waals surface area (Å²) in [5.41, 5.74) is 2.60. The second-order valence-electron chi connectivity index (χ2n) is 7.38. The van der Waals surface area contributed by atoms with Gasteiger partial charge in [0.05, 0.1) is 22.4 Å². The number of hydrogen-bond acceptors (Lipinski definition) is 8. The lowest BCUT2D eigenvalue weighted by molar-refractivity contribution is -0.139. The Labute approximate surface area is 191 Å². The molecule has 2 aliphatic heterocycles. The number of aryl methyl sites for hydroxylation is 1. The maximum Gasteiger partial charge on any atom is 0.338 e. The van der Waals surface area contributed by atoms with Crippen LogP contribution in [-0.2, 0) is 9.53 Å². The van der Waals surface area contributed by atoms with Gasteiger partial charge in [-0.3, -0.25) is 9.36 Å². The number of allylic oxidation sites excluding steroid dienone is 1. The zero-order valence-electron chi connectivity index (χ0n) is 17.7. The first-order chi connectivity index (χ1) is 15.5. The van der Waals surface area contributed by atoms with E-state index in [9.17, 15) is 9.59 Å². The molecule has 1 unspecified atom stereocenters. The van der Waals surface area contributed by atoms with Crippen molar-refractivity contribution >= 4 is 34.7 Å². The molecule has 0 fully saturated rings. The first kappa shape index (κ1) is 20.7. The fourth-order valence-electron chi connectivity index (χ4n) is 3.86. The molecule has 2 aromatic heterocycles. The quantitative estimate of drug-likeness (QED) is 0.550. The monoisotopic (exact) mass is 468 g/mol. The number of esters is 1. The van der Waals surface area contributed by atoms with Crippen molar-refractivity contribution in [1.82, 2.24) is 4.57 Å². The van der Waals surface area contributed by atoms with E-state index in [0.717, 1.165) is 16.0 Å². The molecule has 9 heteroatoms. The predicted octanol–water partition coefficient (Wildman–Crippen LogP) is 2.90. The third-order valence-electron chi connectivity index (χ3n) is 5.38. The average molecular weight is 469 g/mol. The number of carbonyl (C=O) groups excluding carboxylic acids is 1. The van der Waals surface area contributed by atoms with Gasteiger partial charge in [-0.1, -0.05) is 17.4 Å². The van der Waals surface area contributed by atoms with Crippen molar-refractivity contribution in [1.29, 1.82) is 0 Å². The zero-order chi connectivity index (χ0) is 22.4. The van der Waals surface area contributed by atoms with Crippen molar-refractivity contribution < 1.29 is 19.0 Å². The number of nitrogens with zero attached hydrogens (tertiary/aromatic N) is 2. The highest BCUT2D eigenvalue weighted by Gasteiger charge is 2.33. The largest absolute Gasteiger partial charge is 0.463 e. The van der Waals surface area contributed by atoms with Crippen molar-refractivity contribution in [3.05, 3.63) is 76.6 Å². The SMILES string of the molecule is CCOC(=O)C1=C(C)N=c2s/c(=C\c3cc4c(cc3C)OCO4)c(=O)n2C1c1cccs1. The van der Waals surface area contributed by atoms with Gasteiger partial charge in [0.1, 0.15) is 6.04 Å². The molecular weight excluding hydrogens is 448 g/mol. The molecule has 1 aromatic carbocycles. The van der Waals surface area contributed by atoms with E-state index in [2.05, 4.69) is 4.99 Å². The average Bonchev–Trinajstić information content (AvgIpc) is 3.49. The number of carbonyl (C=O) groups is 1. The highest BCUT2D eigenvalue weighted by Crippen LogP contribution is 2.35. The molecule has 0 N–H and O–H groups in total. The van der Waals surface area contributed by atoms with Crippen LogP contribution in [0, 0.1) is 6.92 Å². The van der Waals surface area contributed by atoms with Crippen LogP contribution in [0.3, 0.4) is 0 Å². The van der Waals surface area contributed by atoms with Gasteiger partial charge >= 0.3 is 5.97 Å². The van der Waals surface area contributed by atoms with Gasteiger partial charge in [-0.05, 0) is 61.6 Å². The smallest absolute Gasteiger partial charge is 0.338 e. The number of ether oxygens (including phenoxy) is 3. The van der Waals surface area contributed by atoms with Gasteiger partial charge in [0.25, 0.3) is 5.56 Å². The van der Waals surface area contributed by atoms with Crippen LogP contribution in [0.15, 0.2) is 50.7 Å². The molecule has 164 valence electrons. The van der Waals surface area contributed by atoms with E-state index in [1.54, 1.807) is 18.4 Å². The molecule has 0 spiro atoms. The van der Waals surface area contributed by atoms with Crippen molar-refractivity contribution in [3.8, 4) is 11.5 Å². The Morgan fingerprint density at radius 2 is 2.09 bits per heavy atom. The summed E-state index contributed by atoms with van der Waals surface area (Å²) in [5.74, 6) is 0.910. The number of fused-ring (bicyclic) bond motifs is 2. The molecule has 3 aromatic rings. The van der Waals surface area contributed by atoms with Gasteiger partial charge in [-0.25, -0.2) is 9.79 Å². The van der Waals surface area contributed by atoms with Crippen LogP contribution in [0.1, 0.15) is 35.9 Å². The van der Waals surface area contributed by atoms with Crippen molar-refractivity contribution in [2.75, 3.05) is 13.4 Å². The lowest BCUT2D eigenvalue weighted by Gasteiger charge is -2.23. The lowest BCUT2D eigenvalue weighted by Crippen LogP contribution is -2.39. The van der Waals surface area contributed by atoms with E-state index in [4.69, 9.17) is 14.2 Å². The first-order valence-corrected chi connectivity index (χ1v) is 11.8. The minimum Gasteiger partial charge on any atom is -0.463 e. The summed E-state index contributed by atoms with van der Waals surface area (Å²) in [7, 11) is 0. The van der Waals surface area contributed by atoms with Gasteiger partial charge in [0, 0.05) is 4.88 Å². The second kappa shape index (κ2) is 8.07. The van der Waals surface area contributed by atoms with Gasteiger partial charge < -0.3 is 14.2 Å². The maximum atomic E-state index is 13.6. The van der Waals surface area contributed by atoms with Crippen LogP contribution < -0.4 is 24.4 Å². The van der Waals surface area contributed by atoms with Gasteiger partial charge in [0.2, 0.25) is 6.79 Å². The van der Waals surface area contributed by atoms with E-state index in [1.165, 1.54) is 22.7 Å². The van der Waals surface area contributed by atoms with Crippen LogP contribution >= 0.6 is 22.7 Å². The summed E-state index contributed by atoms with van der Waals surface area (Å²) in [5, 5.41) is 1.93. The molecule has 0 amide bonds. The minimum atomic E-state index is -0.565. The normalized spacial score (nSPS) is 17.3. The molecular formula is C23H20N2O5S2. The Bertz CT molecular complexity index is 1430. The van der Waals surface area contributed by atoms with Gasteiger partial charge in [-0.15, -0.1) is 11.3 Å². The first-order valence-electron chi connectivity index (χ1n) is 10.1. The standard InChI is InChI=1S/C23H20N2O5S2/c1-4-28-22(27)19-13(3)24-23-25(20(19)17-6-5-7-31-17)21(26)18(32-23)10-14-9-16-15(8-12(14)2)29-11-30-16/h5-10,20H,4,11H2,1-3H3/b18-10-. The summed E-state index contributed by atoms with van der Waals surface area (Å²) >= 11 is 2.80. The molecule has 0 aliphatic carbocycles.